The van der Waals surface area contributed by atoms with E-state index < -0.39 is 10.0 Å². The smallest absolute Gasteiger partial charge is 0.251 e. The van der Waals surface area contributed by atoms with E-state index in [-0.39, 0.29) is 34.2 Å². The summed E-state index contributed by atoms with van der Waals surface area (Å²) in [6.45, 7) is 4.29. The van der Waals surface area contributed by atoms with Crippen molar-refractivity contribution in [1.82, 2.24) is 9.62 Å². The summed E-state index contributed by atoms with van der Waals surface area (Å²) in [7, 11) is -2.33. The first-order valence-electron chi connectivity index (χ1n) is 9.90. The number of nitrogens with zero attached hydrogens (tertiary/aromatic N) is 1. The molecule has 2 atom stereocenters. The maximum Gasteiger partial charge on any atom is 0.251 e. The van der Waals surface area contributed by atoms with E-state index in [2.05, 4.69) is 5.32 Å². The Labute approximate surface area is 172 Å². The number of carbonyl (C=O) groups is 1. The summed E-state index contributed by atoms with van der Waals surface area (Å²) in [5.41, 5.74) is 1.26. The molecule has 1 saturated heterocycles. The van der Waals surface area contributed by atoms with Crippen LogP contribution >= 0.6 is 0 Å². The molecular formula is C22H28N2O4S. The molecule has 6 nitrogen and oxygen atoms in total. The normalized spacial score (nSPS) is 18.8. The first-order chi connectivity index (χ1) is 13.8. The van der Waals surface area contributed by atoms with Gasteiger partial charge < -0.3 is 10.1 Å². The Morgan fingerprint density at radius 2 is 1.90 bits per heavy atom. The number of hydrogen-bond acceptors (Lipinski definition) is 4. The Balaban J connectivity index is 1.89. The number of sulfonamides is 1. The second-order valence-electron chi connectivity index (χ2n) is 7.43. The number of carbonyl (C=O) groups excluding carboxylic acids is 1. The van der Waals surface area contributed by atoms with E-state index in [4.69, 9.17) is 4.74 Å². The van der Waals surface area contributed by atoms with Gasteiger partial charge in [-0.3, -0.25) is 4.79 Å². The molecule has 1 aliphatic rings. The number of ether oxygens (including phenoxy) is 1. The van der Waals surface area contributed by atoms with Crippen molar-refractivity contribution in [1.29, 1.82) is 0 Å². The highest BCUT2D eigenvalue weighted by Gasteiger charge is 2.33. The third kappa shape index (κ3) is 4.62. The molecule has 3 rings (SSSR count). The number of hydrogen-bond donors (Lipinski definition) is 1. The van der Waals surface area contributed by atoms with Crippen molar-refractivity contribution in [2.24, 2.45) is 0 Å². The van der Waals surface area contributed by atoms with Crippen LogP contribution < -0.4 is 10.1 Å². The molecule has 0 radical (unpaired) electrons. The lowest BCUT2D eigenvalue weighted by molar-refractivity contribution is 0.0939. The summed E-state index contributed by atoms with van der Waals surface area (Å²) in [5.74, 6) is -0.0809. The molecule has 7 heteroatoms. The minimum atomic E-state index is -3.76. The minimum Gasteiger partial charge on any atom is -0.495 e. The van der Waals surface area contributed by atoms with Gasteiger partial charge in [-0.15, -0.1) is 0 Å². The van der Waals surface area contributed by atoms with E-state index in [1.807, 2.05) is 44.2 Å². The molecule has 29 heavy (non-hydrogen) atoms. The highest BCUT2D eigenvalue weighted by Crippen LogP contribution is 2.31. The van der Waals surface area contributed by atoms with Crippen molar-refractivity contribution in [2.75, 3.05) is 13.7 Å². The van der Waals surface area contributed by atoms with E-state index >= 15 is 0 Å². The van der Waals surface area contributed by atoms with Crippen LogP contribution in [0.15, 0.2) is 53.4 Å². The van der Waals surface area contributed by atoms with Crippen molar-refractivity contribution in [2.45, 2.75) is 50.1 Å². The molecule has 1 amide bonds. The molecule has 1 N–H and O–H groups in total. The largest absolute Gasteiger partial charge is 0.495 e. The van der Waals surface area contributed by atoms with Crippen LogP contribution in [0.3, 0.4) is 0 Å². The predicted octanol–water partition coefficient (Wildman–Crippen LogP) is 3.75. The van der Waals surface area contributed by atoms with Gasteiger partial charge in [0.15, 0.2) is 0 Å². The Morgan fingerprint density at radius 3 is 2.55 bits per heavy atom. The molecule has 2 unspecified atom stereocenters. The Kier molecular flexibility index (Phi) is 6.59. The van der Waals surface area contributed by atoms with E-state index in [0.717, 1.165) is 24.8 Å². The van der Waals surface area contributed by atoms with Gasteiger partial charge in [-0.25, -0.2) is 8.42 Å². The molecule has 2 aromatic rings. The lowest BCUT2D eigenvalue weighted by Gasteiger charge is -2.32. The summed E-state index contributed by atoms with van der Waals surface area (Å²) >= 11 is 0. The van der Waals surface area contributed by atoms with Gasteiger partial charge in [0.1, 0.15) is 10.6 Å². The molecule has 2 aromatic carbocycles. The van der Waals surface area contributed by atoms with Crippen molar-refractivity contribution in [3.8, 4) is 5.75 Å². The van der Waals surface area contributed by atoms with Gasteiger partial charge in [0.25, 0.3) is 5.91 Å². The third-order valence-corrected chi connectivity index (χ3v) is 7.44. The summed E-state index contributed by atoms with van der Waals surface area (Å²) in [4.78, 5) is 12.8. The van der Waals surface area contributed by atoms with E-state index in [1.54, 1.807) is 12.1 Å². The molecule has 0 bridgehead atoms. The number of benzene rings is 2. The second kappa shape index (κ2) is 8.97. The first kappa shape index (κ1) is 21.3. The van der Waals surface area contributed by atoms with Crippen LogP contribution in [0.1, 0.15) is 55.1 Å². The molecule has 1 fully saturated rings. The zero-order valence-corrected chi connectivity index (χ0v) is 17.9. The first-order valence-corrected chi connectivity index (χ1v) is 11.3. The third-order valence-electron chi connectivity index (χ3n) is 5.40. The number of nitrogens with one attached hydrogen (secondary N) is 1. The van der Waals surface area contributed by atoms with E-state index in [1.165, 1.54) is 17.5 Å². The van der Waals surface area contributed by atoms with Gasteiger partial charge in [0.2, 0.25) is 10.0 Å². The molecule has 0 aliphatic carbocycles. The number of methoxy groups -OCH3 is 1. The minimum absolute atomic E-state index is 0.0359. The van der Waals surface area contributed by atoms with Gasteiger partial charge >= 0.3 is 0 Å². The van der Waals surface area contributed by atoms with Crippen LogP contribution in [0, 0.1) is 0 Å². The lowest BCUT2D eigenvalue weighted by Crippen LogP contribution is -2.42. The van der Waals surface area contributed by atoms with Crippen LogP contribution in [0.4, 0.5) is 0 Å². The molecule has 0 aromatic heterocycles. The maximum absolute atomic E-state index is 13.3. The van der Waals surface area contributed by atoms with Gasteiger partial charge in [-0.2, -0.15) is 4.31 Å². The molecular weight excluding hydrogens is 388 g/mol. The monoisotopic (exact) mass is 416 g/mol. The van der Waals surface area contributed by atoms with Crippen molar-refractivity contribution in [3.63, 3.8) is 0 Å². The standard InChI is InChI=1S/C22H28N2O4S/c1-16-9-7-8-14-24(16)29(26,27)21-15-19(12-13-20(21)28-3)22(25)23-17(2)18-10-5-4-6-11-18/h4-6,10-13,15-17H,7-9,14H2,1-3H3,(H,23,25). The SMILES string of the molecule is COc1ccc(C(=O)NC(C)c2ccccc2)cc1S(=O)(=O)N1CCCCC1C. The zero-order chi connectivity index (χ0) is 21.0. The van der Waals surface area contributed by atoms with Gasteiger partial charge in [-0.05, 0) is 50.5 Å². The quantitative estimate of drug-likeness (QED) is 0.778. The highest BCUT2D eigenvalue weighted by atomic mass is 32.2. The molecule has 1 heterocycles. The maximum atomic E-state index is 13.3. The van der Waals surface area contributed by atoms with Gasteiger partial charge in [-0.1, -0.05) is 36.8 Å². The summed E-state index contributed by atoms with van der Waals surface area (Å²) in [6.07, 6.45) is 2.68. The Bertz CT molecular complexity index is 960. The van der Waals surface area contributed by atoms with Crippen LogP contribution in [0.25, 0.3) is 0 Å². The van der Waals surface area contributed by atoms with Crippen molar-refractivity contribution >= 4 is 15.9 Å². The van der Waals surface area contributed by atoms with Gasteiger partial charge in [0, 0.05) is 18.2 Å². The average molecular weight is 417 g/mol. The Morgan fingerprint density at radius 1 is 1.17 bits per heavy atom. The van der Waals surface area contributed by atoms with Gasteiger partial charge in [0.05, 0.1) is 13.2 Å². The van der Waals surface area contributed by atoms with Crippen LogP contribution in [0.2, 0.25) is 0 Å². The Hall–Kier alpha value is -2.38. The second-order valence-corrected chi connectivity index (χ2v) is 9.29. The van der Waals surface area contributed by atoms with Crippen LogP contribution in [-0.2, 0) is 10.0 Å². The molecule has 0 spiro atoms. The number of rotatable bonds is 6. The van der Waals surface area contributed by atoms with Crippen molar-refractivity contribution in [3.05, 3.63) is 59.7 Å². The molecule has 1 aliphatic heterocycles. The number of piperidine rings is 1. The average Bonchev–Trinajstić information content (AvgIpc) is 2.74. The van der Waals surface area contributed by atoms with E-state index in [0.29, 0.717) is 6.54 Å². The summed E-state index contributed by atoms with van der Waals surface area (Å²) in [6, 6.07) is 13.9. The fraction of sp³-hybridized carbons (Fsp3) is 0.409. The van der Waals surface area contributed by atoms with Crippen LogP contribution in [0.5, 0.6) is 5.75 Å². The highest BCUT2D eigenvalue weighted by molar-refractivity contribution is 7.89. The lowest BCUT2D eigenvalue weighted by atomic mass is 10.1. The van der Waals surface area contributed by atoms with Crippen molar-refractivity contribution < 1.29 is 17.9 Å². The number of amides is 1. The molecule has 0 saturated carbocycles. The summed E-state index contributed by atoms with van der Waals surface area (Å²) < 4.78 is 33.4. The molecule has 156 valence electrons. The summed E-state index contributed by atoms with van der Waals surface area (Å²) in [5, 5.41) is 2.93. The van der Waals surface area contributed by atoms with E-state index in [9.17, 15) is 13.2 Å². The topological polar surface area (TPSA) is 75.7 Å². The zero-order valence-electron chi connectivity index (χ0n) is 17.1. The fourth-order valence-electron chi connectivity index (χ4n) is 3.68. The fourth-order valence-corrected chi connectivity index (χ4v) is 5.56. The predicted molar refractivity (Wildman–Crippen MR) is 113 cm³/mol. The van der Waals surface area contributed by atoms with Crippen LogP contribution in [-0.4, -0.2) is 38.3 Å².